The van der Waals surface area contributed by atoms with Crippen LogP contribution in [0.3, 0.4) is 0 Å². The van der Waals surface area contributed by atoms with Gasteiger partial charge in [-0.15, -0.1) is 0 Å². The zero-order chi connectivity index (χ0) is 17.5. The van der Waals surface area contributed by atoms with Crippen LogP contribution in [-0.2, 0) is 16.3 Å². The molecule has 1 aromatic carbocycles. The lowest BCUT2D eigenvalue weighted by atomic mass is 10.1. The summed E-state index contributed by atoms with van der Waals surface area (Å²) in [5.74, 6) is 0.623. The first-order valence-corrected chi connectivity index (χ1v) is 9.89. The van der Waals surface area contributed by atoms with E-state index in [1.165, 1.54) is 11.8 Å². The normalized spacial score (nSPS) is 13.0. The molecule has 0 saturated heterocycles. The van der Waals surface area contributed by atoms with Gasteiger partial charge >= 0.3 is 0 Å². The van der Waals surface area contributed by atoms with E-state index < -0.39 is 14.6 Å². The van der Waals surface area contributed by atoms with Gasteiger partial charge in [-0.1, -0.05) is 23.7 Å². The van der Waals surface area contributed by atoms with Crippen molar-refractivity contribution in [3.05, 3.63) is 34.9 Å². The summed E-state index contributed by atoms with van der Waals surface area (Å²) in [5.41, 5.74) is 1.18. The van der Waals surface area contributed by atoms with E-state index in [-0.39, 0.29) is 6.54 Å². The second kappa shape index (κ2) is 8.55. The zero-order valence-electron chi connectivity index (χ0n) is 14.2. The first-order chi connectivity index (χ1) is 10.7. The van der Waals surface area contributed by atoms with Gasteiger partial charge in [0.2, 0.25) is 0 Å². The van der Waals surface area contributed by atoms with Crippen molar-refractivity contribution in [2.24, 2.45) is 4.99 Å². The Morgan fingerprint density at radius 3 is 2.35 bits per heavy atom. The number of benzene rings is 1. The molecule has 7 heteroatoms. The molecule has 0 aromatic heterocycles. The van der Waals surface area contributed by atoms with Crippen LogP contribution in [0, 0.1) is 0 Å². The Balaban J connectivity index is 2.61. The van der Waals surface area contributed by atoms with E-state index in [2.05, 4.69) is 15.6 Å². The Morgan fingerprint density at radius 2 is 1.83 bits per heavy atom. The molecule has 0 heterocycles. The van der Waals surface area contributed by atoms with Crippen LogP contribution in [0.25, 0.3) is 0 Å². The molecule has 0 aliphatic rings. The lowest BCUT2D eigenvalue weighted by molar-refractivity contribution is 0.554. The zero-order valence-corrected chi connectivity index (χ0v) is 15.8. The number of nitrogens with zero attached hydrogens (tertiary/aromatic N) is 1. The molecule has 0 atom stereocenters. The van der Waals surface area contributed by atoms with Crippen LogP contribution in [0.5, 0.6) is 0 Å². The highest BCUT2D eigenvalue weighted by Crippen LogP contribution is 2.15. The van der Waals surface area contributed by atoms with Gasteiger partial charge in [-0.25, -0.2) is 8.42 Å². The summed E-state index contributed by atoms with van der Waals surface area (Å²) >= 11 is 5.86. The van der Waals surface area contributed by atoms with Crippen LogP contribution in [0.2, 0.25) is 5.02 Å². The number of sulfone groups is 1. The summed E-state index contributed by atoms with van der Waals surface area (Å²) in [6.07, 6.45) is 2.07. The first-order valence-electron chi connectivity index (χ1n) is 7.62. The number of guanidine groups is 1. The van der Waals surface area contributed by atoms with E-state index in [0.717, 1.165) is 11.4 Å². The standard InChI is InChI=1S/C16H26ClN3O2S/c1-5-18-15(20-12-16(2,3)23(4,21)22)19-11-10-13-6-8-14(17)9-7-13/h6-9H,5,10-12H2,1-4H3,(H2,18,19,20). The molecule has 0 radical (unpaired) electrons. The van der Waals surface area contributed by atoms with Gasteiger partial charge in [0.1, 0.15) is 0 Å². The minimum atomic E-state index is -3.16. The lowest BCUT2D eigenvalue weighted by Crippen LogP contribution is -2.41. The van der Waals surface area contributed by atoms with Gasteiger partial charge in [-0.2, -0.15) is 0 Å². The molecule has 0 aliphatic carbocycles. The Bertz CT molecular complexity index is 625. The Kier molecular flexibility index (Phi) is 7.35. The number of hydrogen-bond donors (Lipinski definition) is 2. The van der Waals surface area contributed by atoms with Crippen molar-refractivity contribution in [1.29, 1.82) is 0 Å². The van der Waals surface area contributed by atoms with Gasteiger partial charge in [0.15, 0.2) is 15.8 Å². The molecule has 0 unspecified atom stereocenters. The van der Waals surface area contributed by atoms with Gasteiger partial charge in [0, 0.05) is 24.4 Å². The first kappa shape index (κ1) is 19.8. The van der Waals surface area contributed by atoms with Crippen molar-refractivity contribution in [2.75, 3.05) is 25.9 Å². The van der Waals surface area contributed by atoms with Crippen molar-refractivity contribution in [1.82, 2.24) is 10.6 Å². The maximum absolute atomic E-state index is 11.7. The summed E-state index contributed by atoms with van der Waals surface area (Å²) < 4.78 is 22.6. The molecule has 2 N–H and O–H groups in total. The molecule has 1 rings (SSSR count). The van der Waals surface area contributed by atoms with E-state index >= 15 is 0 Å². The van der Waals surface area contributed by atoms with Crippen LogP contribution in [0.1, 0.15) is 26.3 Å². The number of aliphatic imine (C=N–C) groups is 1. The van der Waals surface area contributed by atoms with E-state index in [1.54, 1.807) is 13.8 Å². The van der Waals surface area contributed by atoms with Crippen molar-refractivity contribution in [2.45, 2.75) is 31.9 Å². The third-order valence-electron chi connectivity index (χ3n) is 3.59. The molecule has 0 spiro atoms. The second-order valence-electron chi connectivity index (χ2n) is 6.03. The Hall–Kier alpha value is -1.27. The monoisotopic (exact) mass is 359 g/mol. The van der Waals surface area contributed by atoms with Gasteiger partial charge in [-0.05, 0) is 44.9 Å². The predicted octanol–water partition coefficient (Wildman–Crippen LogP) is 2.26. The fourth-order valence-electron chi connectivity index (χ4n) is 1.70. The molecule has 0 aliphatic heterocycles. The second-order valence-corrected chi connectivity index (χ2v) is 9.12. The summed E-state index contributed by atoms with van der Waals surface area (Å²) in [7, 11) is -3.16. The third kappa shape index (κ3) is 6.79. The summed E-state index contributed by atoms with van der Waals surface area (Å²) in [6, 6.07) is 7.71. The SMILES string of the molecule is CCNC(=NCC(C)(C)S(C)(=O)=O)NCCc1ccc(Cl)cc1. The molecule has 0 amide bonds. The van der Waals surface area contributed by atoms with Crippen molar-refractivity contribution in [3.63, 3.8) is 0 Å². The summed E-state index contributed by atoms with van der Waals surface area (Å²) in [4.78, 5) is 4.39. The topological polar surface area (TPSA) is 70.6 Å². The van der Waals surface area contributed by atoms with Crippen LogP contribution < -0.4 is 10.6 Å². The molecular weight excluding hydrogens is 334 g/mol. The average Bonchev–Trinajstić information content (AvgIpc) is 2.45. The predicted molar refractivity (Wildman–Crippen MR) is 98.1 cm³/mol. The third-order valence-corrected chi connectivity index (χ3v) is 5.97. The highest BCUT2D eigenvalue weighted by Gasteiger charge is 2.29. The number of rotatable bonds is 7. The largest absolute Gasteiger partial charge is 0.357 e. The van der Waals surface area contributed by atoms with Crippen LogP contribution in [0.15, 0.2) is 29.3 Å². The fraction of sp³-hybridized carbons (Fsp3) is 0.562. The summed E-state index contributed by atoms with van der Waals surface area (Å²) in [5, 5.41) is 7.07. The molecular formula is C16H26ClN3O2S. The molecule has 0 bridgehead atoms. The van der Waals surface area contributed by atoms with Crippen LogP contribution >= 0.6 is 11.6 Å². The van der Waals surface area contributed by atoms with Gasteiger partial charge < -0.3 is 10.6 Å². The number of hydrogen-bond acceptors (Lipinski definition) is 3. The summed E-state index contributed by atoms with van der Waals surface area (Å²) in [6.45, 7) is 6.96. The Labute approximate surface area is 144 Å². The highest BCUT2D eigenvalue weighted by atomic mass is 35.5. The van der Waals surface area contributed by atoms with Crippen molar-refractivity contribution >= 4 is 27.4 Å². The molecule has 23 heavy (non-hydrogen) atoms. The van der Waals surface area contributed by atoms with Crippen LogP contribution in [-0.4, -0.2) is 45.0 Å². The van der Waals surface area contributed by atoms with Gasteiger partial charge in [0.25, 0.3) is 0 Å². The van der Waals surface area contributed by atoms with E-state index in [0.29, 0.717) is 19.0 Å². The maximum atomic E-state index is 11.7. The molecule has 5 nitrogen and oxygen atoms in total. The number of nitrogens with one attached hydrogen (secondary N) is 2. The van der Waals surface area contributed by atoms with E-state index in [9.17, 15) is 8.42 Å². The van der Waals surface area contributed by atoms with Gasteiger partial charge in [0.05, 0.1) is 11.3 Å². The molecule has 130 valence electrons. The van der Waals surface area contributed by atoms with Crippen LogP contribution in [0.4, 0.5) is 0 Å². The fourth-order valence-corrected chi connectivity index (χ4v) is 2.13. The molecule has 0 fully saturated rings. The minimum Gasteiger partial charge on any atom is -0.357 e. The Morgan fingerprint density at radius 1 is 1.22 bits per heavy atom. The van der Waals surface area contributed by atoms with E-state index in [1.807, 2.05) is 31.2 Å². The quantitative estimate of drug-likeness (QED) is 0.578. The molecule has 0 saturated carbocycles. The van der Waals surface area contributed by atoms with Crippen molar-refractivity contribution < 1.29 is 8.42 Å². The number of halogens is 1. The average molecular weight is 360 g/mol. The lowest BCUT2D eigenvalue weighted by Gasteiger charge is -2.21. The van der Waals surface area contributed by atoms with E-state index in [4.69, 9.17) is 11.6 Å². The van der Waals surface area contributed by atoms with Gasteiger partial charge in [-0.3, -0.25) is 4.99 Å². The van der Waals surface area contributed by atoms with Crippen molar-refractivity contribution in [3.8, 4) is 0 Å². The highest BCUT2D eigenvalue weighted by molar-refractivity contribution is 7.92. The minimum absolute atomic E-state index is 0.210. The smallest absolute Gasteiger partial charge is 0.191 e. The molecule has 1 aromatic rings. The maximum Gasteiger partial charge on any atom is 0.191 e.